The van der Waals surface area contributed by atoms with E-state index in [1.807, 2.05) is 25.1 Å². The lowest BCUT2D eigenvalue weighted by atomic mass is 10.1. The van der Waals surface area contributed by atoms with E-state index in [9.17, 15) is 9.59 Å². The van der Waals surface area contributed by atoms with E-state index in [1.165, 1.54) is 4.90 Å². The average Bonchev–Trinajstić information content (AvgIpc) is 3.16. The minimum absolute atomic E-state index is 0.0646. The number of nitrogens with one attached hydrogen (secondary N) is 1. The van der Waals surface area contributed by atoms with Crippen LogP contribution in [0.15, 0.2) is 24.3 Å². The second kappa shape index (κ2) is 4.88. The molecule has 1 aromatic rings. The molecule has 1 saturated heterocycles. The van der Waals surface area contributed by atoms with Gasteiger partial charge in [-0.2, -0.15) is 5.26 Å². The highest BCUT2D eigenvalue weighted by molar-refractivity contribution is 5.96. The Labute approximate surface area is 105 Å². The van der Waals surface area contributed by atoms with Crippen molar-refractivity contribution in [1.82, 2.24) is 10.2 Å². The Morgan fingerprint density at radius 2 is 2.11 bits per heavy atom. The molecule has 1 heterocycles. The van der Waals surface area contributed by atoms with E-state index in [0.717, 1.165) is 5.56 Å². The van der Waals surface area contributed by atoms with Crippen molar-refractivity contribution < 1.29 is 9.59 Å². The average molecular weight is 243 g/mol. The fourth-order valence-electron chi connectivity index (χ4n) is 1.59. The first kappa shape index (κ1) is 12.1. The van der Waals surface area contributed by atoms with Gasteiger partial charge < -0.3 is 10.2 Å². The molecule has 1 unspecified atom stereocenters. The van der Waals surface area contributed by atoms with Crippen LogP contribution < -0.4 is 5.32 Å². The van der Waals surface area contributed by atoms with Crippen molar-refractivity contribution >= 4 is 11.8 Å². The van der Waals surface area contributed by atoms with Gasteiger partial charge in [-0.1, -0.05) is 17.7 Å². The molecule has 1 aliphatic heterocycles. The molecule has 0 bridgehead atoms. The number of aryl methyl sites for hydroxylation is 1. The third-order valence-electron chi connectivity index (χ3n) is 2.80. The molecule has 5 heteroatoms. The molecule has 2 amide bonds. The van der Waals surface area contributed by atoms with Crippen molar-refractivity contribution in [3.63, 3.8) is 0 Å². The highest BCUT2D eigenvalue weighted by Gasteiger charge is 2.38. The third kappa shape index (κ3) is 2.66. The maximum absolute atomic E-state index is 11.7. The number of hydrogen-bond acceptors (Lipinski definition) is 3. The van der Waals surface area contributed by atoms with E-state index < -0.39 is 0 Å². The summed E-state index contributed by atoms with van der Waals surface area (Å²) < 4.78 is 0. The number of carbonyl (C=O) groups is 2. The zero-order chi connectivity index (χ0) is 13.1. The van der Waals surface area contributed by atoms with Gasteiger partial charge in [-0.3, -0.25) is 9.59 Å². The van der Waals surface area contributed by atoms with Crippen LogP contribution in [0, 0.1) is 18.3 Å². The highest BCUT2D eigenvalue weighted by atomic mass is 16.2. The molecule has 0 radical (unpaired) electrons. The molecule has 0 saturated carbocycles. The maximum atomic E-state index is 11.7. The van der Waals surface area contributed by atoms with Gasteiger partial charge in [-0.05, 0) is 19.1 Å². The van der Waals surface area contributed by atoms with Crippen LogP contribution in [0.2, 0.25) is 0 Å². The van der Waals surface area contributed by atoms with Gasteiger partial charge in [0.05, 0.1) is 19.2 Å². The minimum Gasteiger partial charge on any atom is -0.343 e. The Hall–Kier alpha value is -2.35. The zero-order valence-electron chi connectivity index (χ0n) is 10.0. The Morgan fingerprint density at radius 1 is 1.44 bits per heavy atom. The standard InChI is InChI=1S/C13H13N3O2/c1-9-2-4-10(5-3-9)13(18)15-7-12(17)16-8-11(16)6-14/h2-5,11H,7-8H2,1H3,(H,15,18). The third-order valence-corrected chi connectivity index (χ3v) is 2.80. The highest BCUT2D eigenvalue weighted by Crippen LogP contribution is 2.15. The van der Waals surface area contributed by atoms with Gasteiger partial charge in [0.15, 0.2) is 0 Å². The van der Waals surface area contributed by atoms with Crippen LogP contribution in [0.5, 0.6) is 0 Å². The van der Waals surface area contributed by atoms with E-state index in [4.69, 9.17) is 5.26 Å². The van der Waals surface area contributed by atoms with Crippen LogP contribution in [0.1, 0.15) is 15.9 Å². The maximum Gasteiger partial charge on any atom is 0.251 e. The molecule has 2 rings (SSSR count). The number of rotatable bonds is 3. The molecule has 0 aliphatic carbocycles. The summed E-state index contributed by atoms with van der Waals surface area (Å²) in [5, 5.41) is 11.1. The summed E-state index contributed by atoms with van der Waals surface area (Å²) in [6, 6.07) is 8.78. The van der Waals surface area contributed by atoms with Gasteiger partial charge in [-0.25, -0.2) is 0 Å². The monoisotopic (exact) mass is 243 g/mol. The van der Waals surface area contributed by atoms with E-state index >= 15 is 0 Å². The van der Waals surface area contributed by atoms with Gasteiger partial charge in [0.2, 0.25) is 5.91 Å². The first-order valence-corrected chi connectivity index (χ1v) is 5.66. The van der Waals surface area contributed by atoms with Gasteiger partial charge in [0, 0.05) is 5.56 Å². The van der Waals surface area contributed by atoms with Crippen molar-refractivity contribution in [2.45, 2.75) is 13.0 Å². The normalized spacial score (nSPS) is 16.9. The lowest BCUT2D eigenvalue weighted by Gasteiger charge is -2.05. The number of amides is 2. The Morgan fingerprint density at radius 3 is 2.67 bits per heavy atom. The smallest absolute Gasteiger partial charge is 0.251 e. The largest absolute Gasteiger partial charge is 0.343 e. The van der Waals surface area contributed by atoms with Crippen LogP contribution in [-0.4, -0.2) is 35.8 Å². The topological polar surface area (TPSA) is 73.0 Å². The summed E-state index contributed by atoms with van der Waals surface area (Å²) in [5.41, 5.74) is 1.60. The van der Waals surface area contributed by atoms with Gasteiger partial charge >= 0.3 is 0 Å². The minimum atomic E-state index is -0.311. The number of carbonyl (C=O) groups excluding carboxylic acids is 2. The molecule has 18 heavy (non-hydrogen) atoms. The molecule has 92 valence electrons. The van der Waals surface area contributed by atoms with Crippen LogP contribution in [0.3, 0.4) is 0 Å². The summed E-state index contributed by atoms with van der Waals surface area (Å²) in [7, 11) is 0. The quantitative estimate of drug-likeness (QED) is 0.784. The molecule has 1 aliphatic rings. The predicted molar refractivity (Wildman–Crippen MR) is 64.6 cm³/mol. The molecule has 1 N–H and O–H groups in total. The number of benzene rings is 1. The number of nitriles is 1. The van der Waals surface area contributed by atoms with E-state index in [0.29, 0.717) is 12.1 Å². The molecule has 1 fully saturated rings. The Balaban J connectivity index is 1.84. The second-order valence-electron chi connectivity index (χ2n) is 4.24. The van der Waals surface area contributed by atoms with Gasteiger partial charge in [0.1, 0.15) is 6.04 Å². The van der Waals surface area contributed by atoms with Gasteiger partial charge in [-0.15, -0.1) is 0 Å². The first-order chi connectivity index (χ1) is 8.61. The Kier molecular flexibility index (Phi) is 3.28. The summed E-state index contributed by atoms with van der Waals surface area (Å²) in [5.74, 6) is -0.499. The lowest BCUT2D eigenvalue weighted by Crippen LogP contribution is -2.33. The van der Waals surface area contributed by atoms with Crippen molar-refractivity contribution in [3.05, 3.63) is 35.4 Å². The number of nitrogens with zero attached hydrogens (tertiary/aromatic N) is 2. The molecular weight excluding hydrogens is 230 g/mol. The van der Waals surface area contributed by atoms with Crippen molar-refractivity contribution in [2.75, 3.05) is 13.1 Å². The molecule has 0 spiro atoms. The van der Waals surface area contributed by atoms with Gasteiger partial charge in [0.25, 0.3) is 5.91 Å². The predicted octanol–water partition coefficient (Wildman–Crippen LogP) is 0.459. The first-order valence-electron chi connectivity index (χ1n) is 5.66. The van der Waals surface area contributed by atoms with Crippen LogP contribution in [-0.2, 0) is 4.79 Å². The molecule has 5 nitrogen and oxygen atoms in total. The summed E-state index contributed by atoms with van der Waals surface area (Å²) in [6.07, 6.45) is 0. The number of hydrogen-bond donors (Lipinski definition) is 1. The molecule has 0 aromatic heterocycles. The van der Waals surface area contributed by atoms with E-state index in [-0.39, 0.29) is 24.4 Å². The van der Waals surface area contributed by atoms with Crippen LogP contribution in [0.4, 0.5) is 0 Å². The van der Waals surface area contributed by atoms with E-state index in [2.05, 4.69) is 5.32 Å². The lowest BCUT2D eigenvalue weighted by molar-refractivity contribution is -0.124. The molecular formula is C13H13N3O2. The zero-order valence-corrected chi connectivity index (χ0v) is 10.0. The Bertz CT molecular complexity index is 516. The van der Waals surface area contributed by atoms with Crippen molar-refractivity contribution in [3.8, 4) is 6.07 Å². The summed E-state index contributed by atoms with van der Waals surface area (Å²) >= 11 is 0. The van der Waals surface area contributed by atoms with Crippen molar-refractivity contribution in [2.24, 2.45) is 0 Å². The molecule has 1 atom stereocenters. The van der Waals surface area contributed by atoms with Crippen LogP contribution >= 0.6 is 0 Å². The summed E-state index contributed by atoms with van der Waals surface area (Å²) in [6.45, 7) is 2.34. The fourth-order valence-corrected chi connectivity index (χ4v) is 1.59. The molecule has 1 aromatic carbocycles. The van der Waals surface area contributed by atoms with Crippen molar-refractivity contribution in [1.29, 1.82) is 5.26 Å². The summed E-state index contributed by atoms with van der Waals surface area (Å²) in [4.78, 5) is 24.7. The van der Waals surface area contributed by atoms with Crippen LogP contribution in [0.25, 0.3) is 0 Å². The van der Waals surface area contributed by atoms with E-state index in [1.54, 1.807) is 12.1 Å². The second-order valence-corrected chi connectivity index (χ2v) is 4.24. The SMILES string of the molecule is Cc1ccc(C(=O)NCC(=O)N2CC2C#N)cc1. The fraction of sp³-hybridized carbons (Fsp3) is 0.308.